The van der Waals surface area contributed by atoms with Crippen molar-refractivity contribution in [1.29, 1.82) is 0 Å². The largest absolute Gasteiger partial charge is 0.573 e. The molecule has 0 aliphatic heterocycles. The van der Waals surface area contributed by atoms with Gasteiger partial charge >= 0.3 is 6.36 Å². The minimum Gasteiger partial charge on any atom is -0.487 e. The molecular weight excluding hydrogens is 390 g/mol. The molecule has 0 atom stereocenters. The van der Waals surface area contributed by atoms with E-state index in [1.807, 2.05) is 0 Å². The molecule has 22 heavy (non-hydrogen) atoms. The molecule has 118 valence electrons. The lowest BCUT2D eigenvalue weighted by Crippen LogP contribution is -2.17. The molecule has 1 N–H and O–H groups in total. The number of hydrogen-bond donors (Lipinski definition) is 1. The summed E-state index contributed by atoms with van der Waals surface area (Å²) < 4.78 is 45.8. The van der Waals surface area contributed by atoms with E-state index in [0.717, 1.165) is 12.1 Å². The Morgan fingerprint density at radius 2 is 1.91 bits per heavy atom. The van der Waals surface area contributed by atoms with Crippen molar-refractivity contribution in [2.24, 2.45) is 0 Å². The highest BCUT2D eigenvalue weighted by atomic mass is 79.9. The fourth-order valence-electron chi connectivity index (χ4n) is 1.54. The predicted octanol–water partition coefficient (Wildman–Crippen LogP) is 4.27. The van der Waals surface area contributed by atoms with Crippen LogP contribution in [0.1, 0.15) is 5.69 Å². The Bertz CT molecular complexity index is 733. The summed E-state index contributed by atoms with van der Waals surface area (Å²) in [6, 6.07) is 6.44. The van der Waals surface area contributed by atoms with Crippen LogP contribution in [0, 0.1) is 0 Å². The van der Waals surface area contributed by atoms with E-state index in [1.165, 1.54) is 18.2 Å². The molecule has 4 nitrogen and oxygen atoms in total. The quantitative estimate of drug-likeness (QED) is 0.837. The molecule has 1 aromatic carbocycles. The van der Waals surface area contributed by atoms with Crippen LogP contribution >= 0.6 is 27.5 Å². The minimum atomic E-state index is -4.78. The second kappa shape index (κ2) is 6.62. The first-order valence-corrected chi connectivity index (χ1v) is 6.97. The lowest BCUT2D eigenvalue weighted by Gasteiger charge is -2.11. The summed E-state index contributed by atoms with van der Waals surface area (Å²) in [6.45, 7) is -0.114. The van der Waals surface area contributed by atoms with E-state index in [4.69, 9.17) is 16.3 Å². The number of aromatic amines is 1. The van der Waals surface area contributed by atoms with Crippen molar-refractivity contribution in [1.82, 2.24) is 4.98 Å². The Morgan fingerprint density at radius 3 is 2.59 bits per heavy atom. The molecule has 2 aromatic rings. The van der Waals surface area contributed by atoms with E-state index < -0.39 is 17.7 Å². The molecule has 0 saturated carbocycles. The summed E-state index contributed by atoms with van der Waals surface area (Å²) >= 11 is 8.95. The molecule has 0 saturated heterocycles. The standard InChI is InChI=1S/C13H8BrClF3NO3/c14-9-5-10(15)11(19-12(9)20)6-21-7-2-1-3-8(4-7)22-13(16,17)18/h1-5H,6H2,(H,19,20). The molecule has 9 heteroatoms. The number of pyridine rings is 1. The van der Waals surface area contributed by atoms with Gasteiger partial charge in [-0.05, 0) is 34.1 Å². The van der Waals surface area contributed by atoms with Crippen LogP contribution in [-0.2, 0) is 6.61 Å². The average Bonchev–Trinajstić information content (AvgIpc) is 2.40. The smallest absolute Gasteiger partial charge is 0.487 e. The molecule has 0 spiro atoms. The van der Waals surface area contributed by atoms with Crippen molar-refractivity contribution in [2.75, 3.05) is 0 Å². The molecule has 0 amide bonds. The van der Waals surface area contributed by atoms with Gasteiger partial charge < -0.3 is 14.5 Å². The Hall–Kier alpha value is -1.67. The molecule has 0 aliphatic carbocycles. The first kappa shape index (κ1) is 16.7. The molecular formula is C13H8BrClF3NO3. The van der Waals surface area contributed by atoms with Crippen molar-refractivity contribution in [2.45, 2.75) is 13.0 Å². The van der Waals surface area contributed by atoms with Gasteiger partial charge in [0.15, 0.2) is 0 Å². The summed E-state index contributed by atoms with van der Waals surface area (Å²) in [7, 11) is 0. The number of benzene rings is 1. The summed E-state index contributed by atoms with van der Waals surface area (Å²) in [5.74, 6) is -0.262. The number of nitrogens with one attached hydrogen (secondary N) is 1. The molecule has 0 bridgehead atoms. The van der Waals surface area contributed by atoms with Gasteiger partial charge in [0.2, 0.25) is 0 Å². The summed E-state index contributed by atoms with van der Waals surface area (Å²) in [4.78, 5) is 13.9. The van der Waals surface area contributed by atoms with E-state index >= 15 is 0 Å². The normalized spacial score (nSPS) is 11.3. The van der Waals surface area contributed by atoms with E-state index in [2.05, 4.69) is 25.7 Å². The topological polar surface area (TPSA) is 51.3 Å². The zero-order valence-electron chi connectivity index (χ0n) is 10.7. The van der Waals surface area contributed by atoms with Crippen molar-refractivity contribution in [3.05, 3.63) is 55.9 Å². The second-order valence-electron chi connectivity index (χ2n) is 4.08. The average molecular weight is 399 g/mol. The van der Waals surface area contributed by atoms with E-state index in [-0.39, 0.29) is 21.9 Å². The Labute approximate surface area is 135 Å². The van der Waals surface area contributed by atoms with Crippen molar-refractivity contribution >= 4 is 27.5 Å². The molecule has 0 unspecified atom stereocenters. The first-order valence-electron chi connectivity index (χ1n) is 5.80. The number of hydrogen-bond acceptors (Lipinski definition) is 3. The molecule has 1 aromatic heterocycles. The van der Waals surface area contributed by atoms with Gasteiger partial charge in [0, 0.05) is 6.07 Å². The van der Waals surface area contributed by atoms with Crippen LogP contribution in [0.25, 0.3) is 0 Å². The fraction of sp³-hybridized carbons (Fsp3) is 0.154. The highest BCUT2D eigenvalue weighted by Gasteiger charge is 2.31. The number of halogens is 5. The number of alkyl halides is 3. The number of H-pyrrole nitrogens is 1. The van der Waals surface area contributed by atoms with E-state index in [9.17, 15) is 18.0 Å². The SMILES string of the molecule is O=c1[nH]c(COc2cccc(OC(F)(F)F)c2)c(Cl)cc1Br. The Morgan fingerprint density at radius 1 is 1.23 bits per heavy atom. The van der Waals surface area contributed by atoms with Crippen LogP contribution in [0.4, 0.5) is 13.2 Å². The summed E-state index contributed by atoms with van der Waals surface area (Å²) in [5.41, 5.74) is -0.0887. The van der Waals surface area contributed by atoms with Crippen LogP contribution in [-0.4, -0.2) is 11.3 Å². The highest BCUT2D eigenvalue weighted by Crippen LogP contribution is 2.26. The van der Waals surface area contributed by atoms with Gasteiger partial charge in [0.25, 0.3) is 5.56 Å². The minimum absolute atomic E-state index is 0.114. The molecule has 2 rings (SSSR count). The summed E-state index contributed by atoms with van der Waals surface area (Å²) in [6.07, 6.45) is -4.78. The van der Waals surface area contributed by atoms with Gasteiger partial charge in [-0.15, -0.1) is 13.2 Å². The first-order chi connectivity index (χ1) is 10.2. The van der Waals surface area contributed by atoms with Crippen LogP contribution < -0.4 is 15.0 Å². The molecule has 0 fully saturated rings. The van der Waals surface area contributed by atoms with Gasteiger partial charge in [0.1, 0.15) is 18.1 Å². The number of aromatic nitrogens is 1. The van der Waals surface area contributed by atoms with E-state index in [0.29, 0.717) is 5.69 Å². The van der Waals surface area contributed by atoms with Crippen molar-refractivity contribution in [3.63, 3.8) is 0 Å². The number of rotatable bonds is 4. The predicted molar refractivity (Wildman–Crippen MR) is 77.2 cm³/mol. The zero-order chi connectivity index (χ0) is 16.3. The van der Waals surface area contributed by atoms with Crippen LogP contribution in [0.15, 0.2) is 39.6 Å². The Balaban J connectivity index is 2.11. The highest BCUT2D eigenvalue weighted by molar-refractivity contribution is 9.10. The Kier molecular flexibility index (Phi) is 5.02. The monoisotopic (exact) mass is 397 g/mol. The molecule has 0 aliphatic rings. The third-order valence-electron chi connectivity index (χ3n) is 2.45. The lowest BCUT2D eigenvalue weighted by molar-refractivity contribution is -0.274. The van der Waals surface area contributed by atoms with Gasteiger partial charge in [-0.1, -0.05) is 17.7 Å². The van der Waals surface area contributed by atoms with Crippen LogP contribution in [0.2, 0.25) is 5.02 Å². The van der Waals surface area contributed by atoms with Crippen LogP contribution in [0.5, 0.6) is 11.5 Å². The van der Waals surface area contributed by atoms with Gasteiger partial charge in [-0.25, -0.2) is 0 Å². The van der Waals surface area contributed by atoms with Gasteiger partial charge in [-0.2, -0.15) is 0 Å². The van der Waals surface area contributed by atoms with Crippen molar-refractivity contribution in [3.8, 4) is 11.5 Å². The number of ether oxygens (including phenoxy) is 2. The summed E-state index contributed by atoms with van der Waals surface area (Å²) in [5, 5.41) is 0.258. The third kappa shape index (κ3) is 4.67. The van der Waals surface area contributed by atoms with Gasteiger partial charge in [0.05, 0.1) is 15.2 Å². The molecule has 1 heterocycles. The fourth-order valence-corrected chi connectivity index (χ4v) is 2.21. The second-order valence-corrected chi connectivity index (χ2v) is 5.35. The van der Waals surface area contributed by atoms with E-state index in [1.54, 1.807) is 0 Å². The maximum Gasteiger partial charge on any atom is 0.573 e. The van der Waals surface area contributed by atoms with Gasteiger partial charge in [-0.3, -0.25) is 4.79 Å². The van der Waals surface area contributed by atoms with Crippen LogP contribution in [0.3, 0.4) is 0 Å². The zero-order valence-corrected chi connectivity index (χ0v) is 13.1. The maximum atomic E-state index is 12.1. The third-order valence-corrected chi connectivity index (χ3v) is 3.37. The molecule has 0 radical (unpaired) electrons. The van der Waals surface area contributed by atoms with Crippen molar-refractivity contribution < 1.29 is 22.6 Å². The maximum absolute atomic E-state index is 12.1. The lowest BCUT2D eigenvalue weighted by atomic mass is 10.3.